The Morgan fingerprint density at radius 2 is 1.26 bits per heavy atom. The first-order chi connectivity index (χ1) is 22.4. The largest absolute Gasteiger partial charge is 0.255 e. The van der Waals surface area contributed by atoms with Crippen LogP contribution in [0.4, 0.5) is 8.78 Å². The van der Waals surface area contributed by atoms with Crippen LogP contribution < -0.4 is 0 Å². The average Bonchev–Trinajstić information content (AvgIpc) is 3.75. The van der Waals surface area contributed by atoms with Gasteiger partial charge in [-0.25, -0.2) is 27.8 Å². The molecule has 0 aliphatic rings. The summed E-state index contributed by atoms with van der Waals surface area (Å²) >= 11 is 6.26. The van der Waals surface area contributed by atoms with E-state index in [9.17, 15) is 0 Å². The highest BCUT2D eigenvalue weighted by Gasteiger charge is 2.20. The number of aromatic nitrogens is 8. The Labute approximate surface area is 265 Å². The zero-order valence-corrected chi connectivity index (χ0v) is 24.9. The molecule has 0 aliphatic heterocycles. The number of hydrogen-bond donors (Lipinski definition) is 0. The molecule has 6 aromatic heterocycles. The average molecular weight is 627 g/mol. The van der Waals surface area contributed by atoms with Gasteiger partial charge in [0.1, 0.15) is 24.3 Å². The maximum atomic E-state index is 16.1. The Kier molecular flexibility index (Phi) is 6.58. The van der Waals surface area contributed by atoms with Gasteiger partial charge in [0, 0.05) is 57.6 Å². The first-order valence-corrected chi connectivity index (χ1v) is 14.6. The van der Waals surface area contributed by atoms with Gasteiger partial charge >= 0.3 is 0 Å². The van der Waals surface area contributed by atoms with Crippen molar-refractivity contribution in [1.29, 1.82) is 0 Å². The molecule has 0 spiro atoms. The van der Waals surface area contributed by atoms with E-state index in [1.165, 1.54) is 30.9 Å². The minimum atomic E-state index is -0.463. The molecule has 2 aromatic carbocycles. The van der Waals surface area contributed by atoms with Crippen molar-refractivity contribution in [2.45, 2.75) is 6.92 Å². The van der Waals surface area contributed by atoms with Crippen molar-refractivity contribution in [3.05, 3.63) is 132 Å². The summed E-state index contributed by atoms with van der Waals surface area (Å²) in [6, 6.07) is 20.7. The molecule has 0 amide bonds. The number of aryl methyl sites for hydroxylation is 1. The standard InChI is InChI=1S/C35H21ClF2N8/c1-20-11-28(34-25(3-2-8-39-34)21-6-9-45-32(13-21)41-18-43-45)31(38)16-26(20)23-12-27(22-7-10-46-33(14-22)42-19-44-46)35(40-17-23)29-15-24(36)4-5-30(29)37/h2-19H,1H3. The summed E-state index contributed by atoms with van der Waals surface area (Å²) in [7, 11) is 0. The summed E-state index contributed by atoms with van der Waals surface area (Å²) in [6.07, 6.45) is 9.79. The SMILES string of the molecule is Cc1cc(-c2ncccc2-c2ccn3ncnc3c2)c(F)cc1-c1cnc(-c2cc(Cl)ccc2F)c(-c2ccn3ncnc3c2)c1. The molecule has 0 N–H and O–H groups in total. The van der Waals surface area contributed by atoms with Crippen LogP contribution in [0, 0.1) is 18.6 Å². The van der Waals surface area contributed by atoms with Crippen LogP contribution in [-0.4, -0.2) is 39.2 Å². The van der Waals surface area contributed by atoms with E-state index < -0.39 is 11.6 Å². The van der Waals surface area contributed by atoms with E-state index in [1.807, 2.05) is 55.6 Å². The Morgan fingerprint density at radius 1 is 0.587 bits per heavy atom. The summed E-state index contributed by atoms with van der Waals surface area (Å²) in [5, 5.41) is 8.71. The van der Waals surface area contributed by atoms with E-state index in [2.05, 4.69) is 25.1 Å². The van der Waals surface area contributed by atoms with E-state index in [4.69, 9.17) is 16.6 Å². The molecule has 11 heteroatoms. The predicted molar refractivity (Wildman–Crippen MR) is 172 cm³/mol. The lowest BCUT2D eigenvalue weighted by atomic mass is 9.92. The molecule has 0 bridgehead atoms. The zero-order chi connectivity index (χ0) is 31.4. The number of pyridine rings is 4. The molecule has 0 saturated heterocycles. The number of nitrogens with zero attached hydrogens (tertiary/aromatic N) is 8. The van der Waals surface area contributed by atoms with Gasteiger partial charge in [0.25, 0.3) is 0 Å². The molecule has 0 atom stereocenters. The zero-order valence-electron chi connectivity index (χ0n) is 24.1. The molecule has 8 rings (SSSR count). The minimum absolute atomic E-state index is 0.251. The van der Waals surface area contributed by atoms with Crippen LogP contribution in [0.2, 0.25) is 5.02 Å². The highest BCUT2D eigenvalue weighted by atomic mass is 35.5. The normalized spacial score (nSPS) is 11.5. The van der Waals surface area contributed by atoms with Crippen molar-refractivity contribution in [2.24, 2.45) is 0 Å². The van der Waals surface area contributed by atoms with Crippen molar-refractivity contribution in [3.8, 4) is 55.9 Å². The second-order valence-electron chi connectivity index (χ2n) is 10.7. The molecule has 0 fully saturated rings. The van der Waals surface area contributed by atoms with Crippen LogP contribution in [0.25, 0.3) is 67.2 Å². The van der Waals surface area contributed by atoms with Crippen LogP contribution >= 0.6 is 11.6 Å². The van der Waals surface area contributed by atoms with E-state index in [1.54, 1.807) is 39.8 Å². The van der Waals surface area contributed by atoms with Gasteiger partial charge in [-0.05, 0) is 95.9 Å². The lowest BCUT2D eigenvalue weighted by molar-refractivity contribution is 0.630. The van der Waals surface area contributed by atoms with Gasteiger partial charge < -0.3 is 0 Å². The van der Waals surface area contributed by atoms with Gasteiger partial charge in [0.15, 0.2) is 11.3 Å². The van der Waals surface area contributed by atoms with Crippen molar-refractivity contribution in [1.82, 2.24) is 39.2 Å². The smallest absolute Gasteiger partial charge is 0.155 e. The van der Waals surface area contributed by atoms with Crippen molar-refractivity contribution >= 4 is 22.9 Å². The molecule has 8 nitrogen and oxygen atoms in total. The molecule has 6 heterocycles. The molecular formula is C35H21ClF2N8. The van der Waals surface area contributed by atoms with Crippen LogP contribution in [0.5, 0.6) is 0 Å². The van der Waals surface area contributed by atoms with Gasteiger partial charge in [-0.3, -0.25) is 9.97 Å². The molecule has 0 saturated carbocycles. The minimum Gasteiger partial charge on any atom is -0.255 e. The van der Waals surface area contributed by atoms with Gasteiger partial charge in [0.05, 0.1) is 11.4 Å². The molecule has 0 unspecified atom stereocenters. The lowest BCUT2D eigenvalue weighted by Crippen LogP contribution is -1.98. The molecular weight excluding hydrogens is 606 g/mol. The number of hydrogen-bond acceptors (Lipinski definition) is 6. The fraction of sp³-hybridized carbons (Fsp3) is 0.0286. The maximum absolute atomic E-state index is 16.1. The van der Waals surface area contributed by atoms with Crippen LogP contribution in [0.15, 0.2) is 110 Å². The summed E-state index contributed by atoms with van der Waals surface area (Å²) in [6.45, 7) is 1.91. The van der Waals surface area contributed by atoms with E-state index in [0.717, 1.165) is 22.3 Å². The molecule has 0 radical (unpaired) electrons. The topological polar surface area (TPSA) is 86.2 Å². The molecule has 8 aromatic rings. The maximum Gasteiger partial charge on any atom is 0.155 e. The van der Waals surface area contributed by atoms with Gasteiger partial charge in [-0.2, -0.15) is 10.2 Å². The quantitative estimate of drug-likeness (QED) is 0.192. The summed E-state index contributed by atoms with van der Waals surface area (Å²) in [4.78, 5) is 17.9. The third-order valence-corrected chi connectivity index (χ3v) is 8.18. The second-order valence-corrected chi connectivity index (χ2v) is 11.2. The molecule has 46 heavy (non-hydrogen) atoms. The molecule has 222 valence electrons. The van der Waals surface area contributed by atoms with E-state index in [0.29, 0.717) is 50.0 Å². The number of benzene rings is 2. The van der Waals surface area contributed by atoms with E-state index >= 15 is 8.78 Å². The number of halogens is 3. The third kappa shape index (κ3) is 4.76. The van der Waals surface area contributed by atoms with Crippen LogP contribution in [-0.2, 0) is 0 Å². The number of fused-ring (bicyclic) bond motifs is 2. The highest BCUT2D eigenvalue weighted by Crippen LogP contribution is 2.39. The Balaban J connectivity index is 1.26. The van der Waals surface area contributed by atoms with Crippen LogP contribution in [0.1, 0.15) is 5.56 Å². The Hall–Kier alpha value is -5.87. The third-order valence-electron chi connectivity index (χ3n) is 7.94. The predicted octanol–water partition coefficient (Wildman–Crippen LogP) is 8.14. The van der Waals surface area contributed by atoms with Gasteiger partial charge in [-0.15, -0.1) is 0 Å². The highest BCUT2D eigenvalue weighted by molar-refractivity contribution is 6.30. The second kappa shape index (κ2) is 10.9. The summed E-state index contributed by atoms with van der Waals surface area (Å²) < 4.78 is 34.6. The van der Waals surface area contributed by atoms with Crippen molar-refractivity contribution in [2.75, 3.05) is 0 Å². The monoisotopic (exact) mass is 626 g/mol. The first kappa shape index (κ1) is 27.7. The van der Waals surface area contributed by atoms with Gasteiger partial charge in [0.2, 0.25) is 0 Å². The Bertz CT molecular complexity index is 2450. The number of rotatable bonds is 5. The van der Waals surface area contributed by atoms with E-state index in [-0.39, 0.29) is 5.56 Å². The lowest BCUT2D eigenvalue weighted by Gasteiger charge is -2.16. The van der Waals surface area contributed by atoms with Crippen molar-refractivity contribution in [3.63, 3.8) is 0 Å². The fourth-order valence-electron chi connectivity index (χ4n) is 5.72. The van der Waals surface area contributed by atoms with Gasteiger partial charge in [-0.1, -0.05) is 17.7 Å². The Morgan fingerprint density at radius 3 is 2.00 bits per heavy atom. The van der Waals surface area contributed by atoms with Crippen molar-refractivity contribution < 1.29 is 8.78 Å². The first-order valence-electron chi connectivity index (χ1n) is 14.2. The summed E-state index contributed by atoms with van der Waals surface area (Å²) in [5.41, 5.74) is 7.87. The molecule has 0 aliphatic carbocycles. The fourth-order valence-corrected chi connectivity index (χ4v) is 5.89. The van der Waals surface area contributed by atoms with Crippen LogP contribution in [0.3, 0.4) is 0 Å². The summed E-state index contributed by atoms with van der Waals surface area (Å²) in [5.74, 6) is -0.907.